The number of aromatic nitrogens is 2. The van der Waals surface area contributed by atoms with Gasteiger partial charge in [-0.05, 0) is 56.9 Å². The molecule has 0 bridgehead atoms. The van der Waals surface area contributed by atoms with Gasteiger partial charge in [0, 0.05) is 23.2 Å². The van der Waals surface area contributed by atoms with Gasteiger partial charge in [-0.2, -0.15) is 13.2 Å². The molecule has 0 saturated heterocycles. The maximum Gasteiger partial charge on any atom is 0.433 e. The number of anilines is 1. The Morgan fingerprint density at radius 1 is 1.11 bits per heavy atom. The topological polar surface area (TPSA) is 80.0 Å². The molecule has 1 aliphatic carbocycles. The molecule has 0 aliphatic heterocycles. The standard InChI is InChI=1S/C27H23ClF4N4O2/c1-14-23(25(36-38-14)24-18(28)9-5-10-19(24)29)26(37)34-16-7-4-6-15(12-16)33-21-13-22(27(30,31)32)35-20-11-3-2-8-17(20)21/h2-3,5,8-11,13,15-16H,4,6-7,12H2,1H3,(H,33,35)(H,34,37)/t15-,16+/m0/s1. The molecule has 2 heterocycles. The Hall–Kier alpha value is -3.66. The second-order valence-electron chi connectivity index (χ2n) is 9.31. The molecular weight excluding hydrogens is 524 g/mol. The minimum absolute atomic E-state index is 0.0107. The summed E-state index contributed by atoms with van der Waals surface area (Å²) >= 11 is 6.18. The predicted molar refractivity (Wildman–Crippen MR) is 136 cm³/mol. The van der Waals surface area contributed by atoms with E-state index in [1.165, 1.54) is 18.2 Å². The van der Waals surface area contributed by atoms with Gasteiger partial charge in [-0.1, -0.05) is 41.0 Å². The Morgan fingerprint density at radius 2 is 1.87 bits per heavy atom. The van der Waals surface area contributed by atoms with Crippen LogP contribution in [0.1, 0.15) is 47.5 Å². The number of rotatable bonds is 5. The summed E-state index contributed by atoms with van der Waals surface area (Å²) in [4.78, 5) is 17.0. The molecule has 2 atom stereocenters. The van der Waals surface area contributed by atoms with E-state index in [1.54, 1.807) is 31.2 Å². The lowest BCUT2D eigenvalue weighted by Gasteiger charge is -2.31. The lowest BCUT2D eigenvalue weighted by Crippen LogP contribution is -2.42. The van der Waals surface area contributed by atoms with Gasteiger partial charge in [0.15, 0.2) is 0 Å². The summed E-state index contributed by atoms with van der Waals surface area (Å²) in [6, 6.07) is 11.4. The van der Waals surface area contributed by atoms with Crippen molar-refractivity contribution in [3.63, 3.8) is 0 Å². The number of amides is 1. The lowest BCUT2D eigenvalue weighted by molar-refractivity contribution is -0.140. The number of aryl methyl sites for hydroxylation is 1. The number of fused-ring (bicyclic) bond motifs is 1. The van der Waals surface area contributed by atoms with Crippen LogP contribution in [0.5, 0.6) is 0 Å². The lowest BCUT2D eigenvalue weighted by atomic mass is 9.90. The van der Waals surface area contributed by atoms with Crippen molar-refractivity contribution < 1.29 is 26.9 Å². The molecule has 2 aromatic carbocycles. The van der Waals surface area contributed by atoms with Crippen LogP contribution in [0.15, 0.2) is 53.1 Å². The highest BCUT2D eigenvalue weighted by atomic mass is 35.5. The second-order valence-corrected chi connectivity index (χ2v) is 9.71. The molecular formula is C27H23ClF4N4O2. The monoisotopic (exact) mass is 546 g/mol. The van der Waals surface area contributed by atoms with Gasteiger partial charge in [0.1, 0.15) is 28.5 Å². The van der Waals surface area contributed by atoms with E-state index in [4.69, 9.17) is 16.1 Å². The number of benzene rings is 2. The van der Waals surface area contributed by atoms with Gasteiger partial charge in [0.05, 0.1) is 16.1 Å². The summed E-state index contributed by atoms with van der Waals surface area (Å²) in [6.07, 6.45) is -1.98. The Bertz CT molecular complexity index is 1480. The molecule has 11 heteroatoms. The van der Waals surface area contributed by atoms with Crippen molar-refractivity contribution in [3.05, 3.63) is 76.4 Å². The van der Waals surface area contributed by atoms with Crippen LogP contribution in [0.4, 0.5) is 23.2 Å². The van der Waals surface area contributed by atoms with Gasteiger partial charge >= 0.3 is 6.18 Å². The zero-order valence-electron chi connectivity index (χ0n) is 20.2. The van der Waals surface area contributed by atoms with Gasteiger partial charge in [0.25, 0.3) is 5.91 Å². The van der Waals surface area contributed by atoms with Crippen LogP contribution >= 0.6 is 11.6 Å². The van der Waals surface area contributed by atoms with Crippen LogP contribution in [-0.4, -0.2) is 28.1 Å². The number of carbonyl (C=O) groups excluding carboxylic acids is 1. The van der Waals surface area contributed by atoms with Gasteiger partial charge < -0.3 is 15.2 Å². The molecule has 38 heavy (non-hydrogen) atoms. The summed E-state index contributed by atoms with van der Waals surface area (Å²) in [5.41, 5.74) is -0.316. The Labute approximate surface area is 220 Å². The van der Waals surface area contributed by atoms with Crippen LogP contribution in [0, 0.1) is 12.7 Å². The number of halogens is 5. The fourth-order valence-corrected chi connectivity index (χ4v) is 5.16. The first kappa shape index (κ1) is 26.0. The predicted octanol–water partition coefficient (Wildman–Crippen LogP) is 7.16. The van der Waals surface area contributed by atoms with Gasteiger partial charge in [-0.15, -0.1) is 0 Å². The SMILES string of the molecule is Cc1onc(-c2c(F)cccc2Cl)c1C(=O)N[C@@H]1CCC[C@H](Nc2cc(C(F)(F)F)nc3ccccc23)C1. The number of alkyl halides is 3. The van der Waals surface area contributed by atoms with E-state index in [0.29, 0.717) is 30.3 Å². The molecule has 0 radical (unpaired) electrons. The summed E-state index contributed by atoms with van der Waals surface area (Å²) in [5.74, 6) is -0.910. The van der Waals surface area contributed by atoms with Crippen molar-refractivity contribution in [1.29, 1.82) is 0 Å². The summed E-state index contributed by atoms with van der Waals surface area (Å²) < 4.78 is 60.2. The number of hydrogen-bond acceptors (Lipinski definition) is 5. The van der Waals surface area contributed by atoms with Gasteiger partial charge in [-0.3, -0.25) is 4.79 Å². The first-order valence-electron chi connectivity index (χ1n) is 12.1. The van der Waals surface area contributed by atoms with Crippen LogP contribution in [0.3, 0.4) is 0 Å². The molecule has 0 spiro atoms. The van der Waals surface area contributed by atoms with Crippen molar-refractivity contribution in [2.45, 2.75) is 50.9 Å². The molecule has 5 rings (SSSR count). The third-order valence-corrected chi connectivity index (χ3v) is 6.98. The molecule has 4 aromatic rings. The molecule has 198 valence electrons. The number of nitrogens with zero attached hydrogens (tertiary/aromatic N) is 2. The first-order valence-corrected chi connectivity index (χ1v) is 12.4. The van der Waals surface area contributed by atoms with Crippen molar-refractivity contribution in [2.75, 3.05) is 5.32 Å². The smallest absolute Gasteiger partial charge is 0.382 e. The van der Waals surface area contributed by atoms with Crippen LogP contribution in [-0.2, 0) is 6.18 Å². The molecule has 0 unspecified atom stereocenters. The average Bonchev–Trinajstić information content (AvgIpc) is 3.24. The van der Waals surface area contributed by atoms with Crippen molar-refractivity contribution in [1.82, 2.24) is 15.5 Å². The molecule has 1 aliphatic rings. The molecule has 1 amide bonds. The van der Waals surface area contributed by atoms with E-state index in [1.807, 2.05) is 0 Å². The number of hydrogen-bond donors (Lipinski definition) is 2. The Kier molecular flexibility index (Phi) is 7.00. The minimum Gasteiger partial charge on any atom is -0.382 e. The molecule has 2 aromatic heterocycles. The van der Waals surface area contributed by atoms with E-state index in [9.17, 15) is 22.4 Å². The highest BCUT2D eigenvalue weighted by Crippen LogP contribution is 2.36. The van der Waals surface area contributed by atoms with E-state index in [0.717, 1.165) is 12.5 Å². The maximum absolute atomic E-state index is 14.5. The summed E-state index contributed by atoms with van der Waals surface area (Å²) in [5, 5.41) is 10.8. The fraction of sp³-hybridized carbons (Fsp3) is 0.296. The highest BCUT2D eigenvalue weighted by Gasteiger charge is 2.34. The first-order chi connectivity index (χ1) is 18.1. The fourth-order valence-electron chi connectivity index (χ4n) is 4.90. The third-order valence-electron chi connectivity index (χ3n) is 6.67. The van der Waals surface area contributed by atoms with E-state index >= 15 is 0 Å². The van der Waals surface area contributed by atoms with Crippen LogP contribution in [0.25, 0.3) is 22.2 Å². The van der Waals surface area contributed by atoms with Crippen LogP contribution in [0.2, 0.25) is 5.02 Å². The number of carbonyl (C=O) groups is 1. The van der Waals surface area contributed by atoms with Crippen molar-refractivity contribution in [2.24, 2.45) is 0 Å². The minimum atomic E-state index is -4.58. The summed E-state index contributed by atoms with van der Waals surface area (Å²) in [6.45, 7) is 1.55. The molecule has 1 fully saturated rings. The molecule has 6 nitrogen and oxygen atoms in total. The van der Waals surface area contributed by atoms with Crippen LogP contribution < -0.4 is 10.6 Å². The molecule has 1 saturated carbocycles. The van der Waals surface area contributed by atoms with E-state index in [2.05, 4.69) is 20.8 Å². The van der Waals surface area contributed by atoms with E-state index in [-0.39, 0.29) is 45.2 Å². The zero-order valence-corrected chi connectivity index (χ0v) is 21.0. The Balaban J connectivity index is 1.36. The number of para-hydroxylation sites is 1. The molecule has 2 N–H and O–H groups in total. The number of pyridine rings is 1. The quantitative estimate of drug-likeness (QED) is 0.260. The van der Waals surface area contributed by atoms with Gasteiger partial charge in [0.2, 0.25) is 0 Å². The average molecular weight is 547 g/mol. The Morgan fingerprint density at radius 3 is 2.63 bits per heavy atom. The van der Waals surface area contributed by atoms with Crippen molar-refractivity contribution in [3.8, 4) is 11.3 Å². The normalized spacial score (nSPS) is 17.9. The zero-order chi connectivity index (χ0) is 27.0. The van der Waals surface area contributed by atoms with Gasteiger partial charge in [-0.25, -0.2) is 9.37 Å². The summed E-state index contributed by atoms with van der Waals surface area (Å²) in [7, 11) is 0. The van der Waals surface area contributed by atoms with Crippen molar-refractivity contribution >= 4 is 34.1 Å². The third kappa shape index (κ3) is 5.18. The highest BCUT2D eigenvalue weighted by molar-refractivity contribution is 6.33. The largest absolute Gasteiger partial charge is 0.433 e. The number of nitrogens with one attached hydrogen (secondary N) is 2. The van der Waals surface area contributed by atoms with E-state index < -0.39 is 23.6 Å². The maximum atomic E-state index is 14.5. The second kappa shape index (κ2) is 10.2.